The predicted molar refractivity (Wildman–Crippen MR) is 143 cm³/mol. The van der Waals surface area contributed by atoms with Gasteiger partial charge in [0.05, 0.1) is 18.7 Å². The van der Waals surface area contributed by atoms with E-state index < -0.39 is 6.10 Å². The molecule has 4 rings (SSSR count). The Morgan fingerprint density at radius 1 is 1.29 bits per heavy atom. The molecule has 35 heavy (non-hydrogen) atoms. The van der Waals surface area contributed by atoms with E-state index in [1.807, 2.05) is 23.1 Å². The Morgan fingerprint density at radius 2 is 2.06 bits per heavy atom. The summed E-state index contributed by atoms with van der Waals surface area (Å²) in [4.78, 5) is 19.1. The highest BCUT2D eigenvalue weighted by Crippen LogP contribution is 2.35. The van der Waals surface area contributed by atoms with Gasteiger partial charge in [0.2, 0.25) is 5.91 Å². The van der Waals surface area contributed by atoms with Crippen molar-refractivity contribution in [2.75, 3.05) is 32.8 Å². The molecular formula is C29H40N2O3S. The molecule has 1 amide bonds. The van der Waals surface area contributed by atoms with Crippen LogP contribution in [0.4, 0.5) is 0 Å². The Bertz CT molecular complexity index is 967. The molecule has 0 radical (unpaired) electrons. The molecule has 2 aliphatic rings. The highest BCUT2D eigenvalue weighted by atomic mass is 32.1. The Morgan fingerprint density at radius 3 is 2.74 bits per heavy atom. The number of rotatable bonds is 13. The largest absolute Gasteiger partial charge is 0.491 e. The first kappa shape index (κ1) is 25.9. The van der Waals surface area contributed by atoms with Crippen LogP contribution in [-0.4, -0.2) is 59.7 Å². The van der Waals surface area contributed by atoms with E-state index in [0.29, 0.717) is 44.5 Å². The fourth-order valence-electron chi connectivity index (χ4n) is 4.85. The van der Waals surface area contributed by atoms with Gasteiger partial charge >= 0.3 is 0 Å². The molecule has 1 fully saturated rings. The van der Waals surface area contributed by atoms with Gasteiger partial charge in [-0.3, -0.25) is 9.69 Å². The van der Waals surface area contributed by atoms with Crippen LogP contribution in [0, 0.1) is 5.92 Å². The number of allylic oxidation sites excluding steroid dienone is 1. The average molecular weight is 497 g/mol. The molecule has 1 aliphatic heterocycles. The van der Waals surface area contributed by atoms with Crippen molar-refractivity contribution in [3.05, 3.63) is 64.4 Å². The number of ether oxygens (including phenoxy) is 1. The molecule has 1 N–H and O–H groups in total. The Kier molecular flexibility index (Phi) is 9.04. The van der Waals surface area contributed by atoms with Crippen molar-refractivity contribution in [3.63, 3.8) is 0 Å². The Labute approximate surface area is 214 Å². The molecule has 1 aromatic carbocycles. The number of amides is 1. The van der Waals surface area contributed by atoms with Crippen molar-refractivity contribution in [2.45, 2.75) is 64.0 Å². The summed E-state index contributed by atoms with van der Waals surface area (Å²) in [7, 11) is 0. The number of fused-ring (bicyclic) bond motifs is 1. The number of carbonyl (C=O) groups is 1. The number of aliphatic hydroxyl groups excluding tert-OH is 1. The Hall–Kier alpha value is -2.15. The van der Waals surface area contributed by atoms with Crippen molar-refractivity contribution in [3.8, 4) is 5.75 Å². The first-order valence-corrected chi connectivity index (χ1v) is 13.9. The van der Waals surface area contributed by atoms with Crippen LogP contribution in [0.5, 0.6) is 5.75 Å². The highest BCUT2D eigenvalue weighted by Gasteiger charge is 2.34. The summed E-state index contributed by atoms with van der Waals surface area (Å²) in [5.41, 5.74) is 2.51. The van der Waals surface area contributed by atoms with E-state index in [0.717, 1.165) is 25.1 Å². The van der Waals surface area contributed by atoms with Crippen molar-refractivity contribution in [2.24, 2.45) is 5.92 Å². The minimum absolute atomic E-state index is 0.0873. The topological polar surface area (TPSA) is 53.0 Å². The van der Waals surface area contributed by atoms with Gasteiger partial charge in [-0.05, 0) is 78.6 Å². The molecule has 2 aromatic rings. The van der Waals surface area contributed by atoms with Crippen molar-refractivity contribution in [1.29, 1.82) is 0 Å². The predicted octanol–water partition coefficient (Wildman–Crippen LogP) is 5.42. The molecule has 2 heterocycles. The van der Waals surface area contributed by atoms with Crippen molar-refractivity contribution < 1.29 is 14.6 Å². The summed E-state index contributed by atoms with van der Waals surface area (Å²) in [6, 6.07) is 10.4. The van der Waals surface area contributed by atoms with Crippen LogP contribution in [0.15, 0.2) is 48.4 Å². The van der Waals surface area contributed by atoms with Gasteiger partial charge in [-0.2, -0.15) is 0 Å². The first-order valence-electron chi connectivity index (χ1n) is 13.0. The molecule has 1 aliphatic carbocycles. The summed E-state index contributed by atoms with van der Waals surface area (Å²) in [6.07, 6.45) is 6.22. The minimum Gasteiger partial charge on any atom is -0.491 e. The van der Waals surface area contributed by atoms with Gasteiger partial charge in [-0.25, -0.2) is 0 Å². The summed E-state index contributed by atoms with van der Waals surface area (Å²) >= 11 is 1.77. The number of hydrogen-bond acceptors (Lipinski definition) is 5. The fourth-order valence-corrected chi connectivity index (χ4v) is 5.78. The SMILES string of the molecule is C=CCC[C@@H](O)CN(CC(=O)N1CCc2sccc2[C@H]1COc1ccc(C(C)C)cc1)CC1CC1. The molecule has 1 aromatic heterocycles. The molecule has 190 valence electrons. The zero-order valence-corrected chi connectivity index (χ0v) is 22.0. The monoisotopic (exact) mass is 496 g/mol. The third-order valence-corrected chi connectivity index (χ3v) is 8.11. The highest BCUT2D eigenvalue weighted by molar-refractivity contribution is 7.10. The number of carbonyl (C=O) groups excluding carboxylic acids is 1. The summed E-state index contributed by atoms with van der Waals surface area (Å²) in [5.74, 6) is 2.11. The lowest BCUT2D eigenvalue weighted by molar-refractivity contribution is -0.136. The summed E-state index contributed by atoms with van der Waals surface area (Å²) in [5, 5.41) is 12.6. The van der Waals surface area contributed by atoms with Gasteiger partial charge in [0.15, 0.2) is 0 Å². The Balaban J connectivity index is 1.43. The van der Waals surface area contributed by atoms with Crippen LogP contribution in [0.25, 0.3) is 0 Å². The van der Waals surface area contributed by atoms with Crippen molar-refractivity contribution >= 4 is 17.2 Å². The second-order valence-corrected chi connectivity index (χ2v) is 11.3. The van der Waals surface area contributed by atoms with E-state index in [4.69, 9.17) is 4.74 Å². The molecule has 0 bridgehead atoms. The molecule has 5 nitrogen and oxygen atoms in total. The summed E-state index contributed by atoms with van der Waals surface area (Å²) in [6.45, 7) is 11.1. The van der Waals surface area contributed by atoms with Gasteiger partial charge in [-0.1, -0.05) is 32.1 Å². The average Bonchev–Trinajstić information content (AvgIpc) is 3.53. The molecule has 0 saturated heterocycles. The van der Waals surface area contributed by atoms with E-state index in [1.54, 1.807) is 11.3 Å². The van der Waals surface area contributed by atoms with Crippen LogP contribution >= 0.6 is 11.3 Å². The third kappa shape index (κ3) is 7.18. The number of hydrogen-bond donors (Lipinski definition) is 1. The summed E-state index contributed by atoms with van der Waals surface area (Å²) < 4.78 is 6.22. The van der Waals surface area contributed by atoms with Gasteiger partial charge in [-0.15, -0.1) is 17.9 Å². The number of thiophene rings is 1. The van der Waals surface area contributed by atoms with E-state index in [9.17, 15) is 9.90 Å². The van der Waals surface area contributed by atoms with E-state index in [1.165, 1.54) is 28.8 Å². The van der Waals surface area contributed by atoms with E-state index in [-0.39, 0.29) is 11.9 Å². The van der Waals surface area contributed by atoms with Crippen LogP contribution < -0.4 is 4.74 Å². The molecule has 0 unspecified atom stereocenters. The fraction of sp³-hybridized carbons (Fsp3) is 0.552. The van der Waals surface area contributed by atoms with Crippen LogP contribution in [0.2, 0.25) is 0 Å². The van der Waals surface area contributed by atoms with Crippen LogP contribution in [0.1, 0.15) is 67.5 Å². The quantitative estimate of drug-likeness (QED) is 0.377. The van der Waals surface area contributed by atoms with Crippen LogP contribution in [0.3, 0.4) is 0 Å². The lowest BCUT2D eigenvalue weighted by atomic mass is 10.00. The van der Waals surface area contributed by atoms with Crippen LogP contribution in [-0.2, 0) is 11.2 Å². The van der Waals surface area contributed by atoms with Gasteiger partial charge < -0.3 is 14.7 Å². The van der Waals surface area contributed by atoms with Gasteiger partial charge in [0.1, 0.15) is 12.4 Å². The molecular weight excluding hydrogens is 456 g/mol. The molecule has 2 atom stereocenters. The standard InChI is InChI=1S/C29H40N2O3S/c1-4-5-6-24(32)18-30(17-22-7-8-22)19-29(33)31-15-13-28-26(14-16-35-28)27(31)20-34-25-11-9-23(10-12-25)21(2)3/h4,9-12,14,16,21-22,24,27,32H,1,5-8,13,15,17-20H2,2-3H3/t24-,27-/m1/s1. The minimum atomic E-state index is -0.433. The van der Waals surface area contributed by atoms with Crippen molar-refractivity contribution in [1.82, 2.24) is 9.80 Å². The maximum Gasteiger partial charge on any atom is 0.237 e. The maximum absolute atomic E-state index is 13.6. The van der Waals surface area contributed by atoms with Gasteiger partial charge in [0, 0.05) is 24.5 Å². The number of aliphatic hydroxyl groups is 1. The molecule has 6 heteroatoms. The molecule has 1 saturated carbocycles. The van der Waals surface area contributed by atoms with E-state index >= 15 is 0 Å². The number of nitrogens with zero attached hydrogens (tertiary/aromatic N) is 2. The normalized spacial score (nSPS) is 18.5. The molecule has 0 spiro atoms. The first-order chi connectivity index (χ1) is 16.9. The lowest BCUT2D eigenvalue weighted by Gasteiger charge is -2.37. The van der Waals surface area contributed by atoms with Gasteiger partial charge in [0.25, 0.3) is 0 Å². The number of benzene rings is 1. The second-order valence-electron chi connectivity index (χ2n) is 10.3. The smallest absolute Gasteiger partial charge is 0.237 e. The zero-order chi connectivity index (χ0) is 24.8. The maximum atomic E-state index is 13.6. The second kappa shape index (κ2) is 12.2. The third-order valence-electron chi connectivity index (χ3n) is 7.11. The lowest BCUT2D eigenvalue weighted by Crippen LogP contribution is -2.48. The van der Waals surface area contributed by atoms with E-state index in [2.05, 4.69) is 48.9 Å². The zero-order valence-electron chi connectivity index (χ0n) is 21.2.